The van der Waals surface area contributed by atoms with Gasteiger partial charge in [-0.05, 0) is 37.5 Å². The number of nitrogens with zero attached hydrogens (tertiary/aromatic N) is 1. The van der Waals surface area contributed by atoms with Gasteiger partial charge >= 0.3 is 0 Å². The molecule has 0 saturated carbocycles. The minimum absolute atomic E-state index is 0.0243. The van der Waals surface area contributed by atoms with E-state index in [4.69, 9.17) is 0 Å². The highest BCUT2D eigenvalue weighted by Crippen LogP contribution is 2.47. The quantitative estimate of drug-likeness (QED) is 0.717. The molecule has 1 saturated heterocycles. The minimum atomic E-state index is -0.0243. The van der Waals surface area contributed by atoms with Crippen LogP contribution in [0.4, 0.5) is 0 Å². The fourth-order valence-electron chi connectivity index (χ4n) is 3.18. The smallest absolute Gasteiger partial charge is 0.223 e. The Morgan fingerprint density at radius 1 is 1.06 bits per heavy atom. The SMILES string of the molecule is CCC(C)(C)C(C)(C)CC(C)(C)N1CCCC1=O. The molecular weight excluding hydrogens is 222 g/mol. The number of rotatable bonds is 5. The van der Waals surface area contributed by atoms with Crippen LogP contribution in [0.5, 0.6) is 0 Å². The molecular formula is C16H31NO. The Morgan fingerprint density at radius 2 is 1.61 bits per heavy atom. The largest absolute Gasteiger partial charge is 0.338 e. The fraction of sp³-hybridized carbons (Fsp3) is 0.938. The molecule has 1 aliphatic heterocycles. The van der Waals surface area contributed by atoms with E-state index >= 15 is 0 Å². The maximum absolute atomic E-state index is 12.0. The Kier molecular flexibility index (Phi) is 4.19. The molecule has 2 heteroatoms. The Balaban J connectivity index is 2.85. The molecule has 0 unspecified atom stereocenters. The number of likely N-dealkylation sites (tertiary alicyclic amines) is 1. The second-order valence-electron chi connectivity index (χ2n) is 7.76. The van der Waals surface area contributed by atoms with Gasteiger partial charge in [-0.3, -0.25) is 4.79 Å². The maximum atomic E-state index is 12.0. The Hall–Kier alpha value is -0.530. The minimum Gasteiger partial charge on any atom is -0.338 e. The van der Waals surface area contributed by atoms with Crippen LogP contribution in [0.1, 0.15) is 74.1 Å². The van der Waals surface area contributed by atoms with Gasteiger partial charge < -0.3 is 4.90 Å². The monoisotopic (exact) mass is 253 g/mol. The summed E-state index contributed by atoms with van der Waals surface area (Å²) in [5.41, 5.74) is 0.505. The average molecular weight is 253 g/mol. The van der Waals surface area contributed by atoms with E-state index in [0.29, 0.717) is 11.3 Å². The summed E-state index contributed by atoms with van der Waals surface area (Å²) in [6, 6.07) is 0. The van der Waals surface area contributed by atoms with Gasteiger partial charge in [0.15, 0.2) is 0 Å². The molecule has 0 aliphatic carbocycles. The fourth-order valence-corrected chi connectivity index (χ4v) is 3.18. The van der Waals surface area contributed by atoms with Crippen LogP contribution < -0.4 is 0 Å². The lowest BCUT2D eigenvalue weighted by molar-refractivity contribution is -0.134. The maximum Gasteiger partial charge on any atom is 0.223 e. The average Bonchev–Trinajstić information content (AvgIpc) is 2.63. The summed E-state index contributed by atoms with van der Waals surface area (Å²) in [4.78, 5) is 14.0. The summed E-state index contributed by atoms with van der Waals surface area (Å²) in [7, 11) is 0. The number of hydrogen-bond acceptors (Lipinski definition) is 1. The second kappa shape index (κ2) is 4.86. The van der Waals surface area contributed by atoms with E-state index in [1.807, 2.05) is 0 Å². The Morgan fingerprint density at radius 3 is 2.00 bits per heavy atom. The molecule has 0 spiro atoms. The first kappa shape index (κ1) is 15.5. The topological polar surface area (TPSA) is 20.3 Å². The summed E-state index contributed by atoms with van der Waals surface area (Å²) in [5.74, 6) is 0.338. The van der Waals surface area contributed by atoms with Crippen LogP contribution >= 0.6 is 0 Å². The molecule has 1 rings (SSSR count). The zero-order valence-corrected chi connectivity index (χ0v) is 13.4. The summed E-state index contributed by atoms with van der Waals surface area (Å²) >= 11 is 0. The van der Waals surface area contributed by atoms with Crippen molar-refractivity contribution in [3.63, 3.8) is 0 Å². The van der Waals surface area contributed by atoms with Gasteiger partial charge in [0.05, 0.1) is 0 Å². The first-order valence-electron chi connectivity index (χ1n) is 7.34. The van der Waals surface area contributed by atoms with Gasteiger partial charge in [-0.25, -0.2) is 0 Å². The molecule has 1 aliphatic rings. The van der Waals surface area contributed by atoms with E-state index in [1.54, 1.807) is 0 Å². The Bertz CT molecular complexity index is 315. The van der Waals surface area contributed by atoms with Crippen molar-refractivity contribution in [2.75, 3.05) is 6.54 Å². The van der Waals surface area contributed by atoms with Crippen LogP contribution in [0.15, 0.2) is 0 Å². The van der Waals surface area contributed by atoms with Crippen LogP contribution in [-0.4, -0.2) is 22.9 Å². The van der Waals surface area contributed by atoms with Crippen LogP contribution in [0, 0.1) is 10.8 Å². The molecule has 18 heavy (non-hydrogen) atoms. The molecule has 0 bridgehead atoms. The third kappa shape index (κ3) is 2.89. The van der Waals surface area contributed by atoms with E-state index in [2.05, 4.69) is 53.4 Å². The highest BCUT2D eigenvalue weighted by atomic mass is 16.2. The Labute approximate surface area is 113 Å². The van der Waals surface area contributed by atoms with Gasteiger partial charge in [0.25, 0.3) is 0 Å². The highest BCUT2D eigenvalue weighted by Gasteiger charge is 2.43. The van der Waals surface area contributed by atoms with Crippen LogP contribution in [0.25, 0.3) is 0 Å². The number of carbonyl (C=O) groups excluding carboxylic acids is 1. The molecule has 0 radical (unpaired) electrons. The predicted molar refractivity (Wildman–Crippen MR) is 77.5 cm³/mol. The molecule has 0 atom stereocenters. The lowest BCUT2D eigenvalue weighted by atomic mass is 9.61. The van der Waals surface area contributed by atoms with Crippen molar-refractivity contribution in [3.8, 4) is 0 Å². The van der Waals surface area contributed by atoms with Crippen LogP contribution in [-0.2, 0) is 4.79 Å². The van der Waals surface area contributed by atoms with Gasteiger partial charge in [0.1, 0.15) is 0 Å². The molecule has 0 aromatic rings. The van der Waals surface area contributed by atoms with Gasteiger partial charge in [0, 0.05) is 18.5 Å². The zero-order valence-electron chi connectivity index (χ0n) is 13.4. The van der Waals surface area contributed by atoms with E-state index < -0.39 is 0 Å². The van der Waals surface area contributed by atoms with E-state index in [-0.39, 0.29) is 11.0 Å². The van der Waals surface area contributed by atoms with E-state index in [0.717, 1.165) is 25.8 Å². The van der Waals surface area contributed by atoms with Crippen molar-refractivity contribution < 1.29 is 4.79 Å². The van der Waals surface area contributed by atoms with Gasteiger partial charge in [-0.2, -0.15) is 0 Å². The van der Waals surface area contributed by atoms with Crippen molar-refractivity contribution in [1.82, 2.24) is 4.90 Å². The molecule has 1 fully saturated rings. The lowest BCUT2D eigenvalue weighted by Gasteiger charge is -2.48. The van der Waals surface area contributed by atoms with Crippen LogP contribution in [0.2, 0.25) is 0 Å². The van der Waals surface area contributed by atoms with Crippen LogP contribution in [0.3, 0.4) is 0 Å². The third-order valence-electron chi connectivity index (χ3n) is 5.39. The summed E-state index contributed by atoms with van der Waals surface area (Å²) in [5, 5.41) is 0. The molecule has 1 heterocycles. The summed E-state index contributed by atoms with van der Waals surface area (Å²) in [6.45, 7) is 17.0. The van der Waals surface area contributed by atoms with Gasteiger partial charge in [-0.15, -0.1) is 0 Å². The van der Waals surface area contributed by atoms with Crippen molar-refractivity contribution in [1.29, 1.82) is 0 Å². The van der Waals surface area contributed by atoms with E-state index in [9.17, 15) is 4.79 Å². The molecule has 0 N–H and O–H groups in total. The van der Waals surface area contributed by atoms with Crippen molar-refractivity contribution in [2.45, 2.75) is 79.7 Å². The third-order valence-corrected chi connectivity index (χ3v) is 5.39. The molecule has 2 nitrogen and oxygen atoms in total. The van der Waals surface area contributed by atoms with Crippen molar-refractivity contribution >= 4 is 5.91 Å². The first-order chi connectivity index (χ1) is 8.03. The first-order valence-corrected chi connectivity index (χ1v) is 7.34. The molecule has 0 aromatic carbocycles. The highest BCUT2D eigenvalue weighted by molar-refractivity contribution is 5.78. The van der Waals surface area contributed by atoms with Gasteiger partial charge in [0.2, 0.25) is 5.91 Å². The summed E-state index contributed by atoms with van der Waals surface area (Å²) < 4.78 is 0. The standard InChI is InChI=1S/C16H31NO/c1-8-14(2,3)15(4,5)12-16(6,7)17-11-9-10-13(17)18/h8-12H2,1-7H3. The predicted octanol–water partition coefficient (Wildman–Crippen LogP) is 4.24. The van der Waals surface area contributed by atoms with Crippen molar-refractivity contribution in [2.24, 2.45) is 10.8 Å². The normalized spacial score (nSPS) is 18.6. The van der Waals surface area contributed by atoms with E-state index in [1.165, 1.54) is 6.42 Å². The lowest BCUT2D eigenvalue weighted by Crippen LogP contribution is -2.49. The number of hydrogen-bond donors (Lipinski definition) is 0. The summed E-state index contributed by atoms with van der Waals surface area (Å²) in [6.07, 6.45) is 4.00. The molecule has 1 amide bonds. The van der Waals surface area contributed by atoms with Gasteiger partial charge in [-0.1, -0.05) is 41.0 Å². The zero-order chi connectivity index (χ0) is 14.2. The second-order valence-corrected chi connectivity index (χ2v) is 7.76. The molecule has 0 aromatic heterocycles. The molecule has 106 valence electrons. The number of carbonyl (C=O) groups is 1. The number of amides is 1. The van der Waals surface area contributed by atoms with Crippen molar-refractivity contribution in [3.05, 3.63) is 0 Å².